The molecule has 3 N–H and O–H groups in total. The van der Waals surface area contributed by atoms with Gasteiger partial charge < -0.3 is 10.8 Å². The highest BCUT2D eigenvalue weighted by molar-refractivity contribution is 7.05. The quantitative estimate of drug-likeness (QED) is 0.634. The Morgan fingerprint density at radius 2 is 2.55 bits per heavy atom. The Bertz CT molecular complexity index is 236. The molecule has 1 rings (SSSR count). The highest BCUT2D eigenvalue weighted by atomic mass is 32.1. The predicted molar refractivity (Wildman–Crippen MR) is 36.9 cm³/mol. The number of nitrogens with zero attached hydrogens (tertiary/aromatic N) is 3. The Morgan fingerprint density at radius 3 is 3.00 bits per heavy atom. The summed E-state index contributed by atoms with van der Waals surface area (Å²) in [4.78, 5) is 10.2. The molecule has 11 heavy (non-hydrogen) atoms. The Labute approximate surface area is 66.2 Å². The van der Waals surface area contributed by atoms with Crippen molar-refractivity contribution in [3.8, 4) is 0 Å². The molecule has 0 amide bonds. The molecule has 0 aliphatic carbocycles. The average Bonchev–Trinajstić information content (AvgIpc) is 2.35. The zero-order chi connectivity index (χ0) is 8.27. The van der Waals surface area contributed by atoms with Gasteiger partial charge in [-0.05, 0) is 5.21 Å². The van der Waals surface area contributed by atoms with E-state index in [0.717, 1.165) is 11.5 Å². The second-order valence-electron chi connectivity index (χ2n) is 1.90. The standard InChI is InChI=1S/C4H6N4O2S/c5-2(1-3(9)10)4-6-7-8-11-4/h2H,1,5H2,(H,9,10). The first-order chi connectivity index (χ1) is 5.20. The number of hydrogen-bond donors (Lipinski definition) is 2. The van der Waals surface area contributed by atoms with Crippen LogP contribution in [-0.2, 0) is 4.79 Å². The van der Waals surface area contributed by atoms with E-state index in [4.69, 9.17) is 10.8 Å². The molecule has 0 saturated heterocycles. The third-order valence-electron chi connectivity index (χ3n) is 1.03. The Balaban J connectivity index is 2.56. The summed E-state index contributed by atoms with van der Waals surface area (Å²) in [6, 6.07) is -0.590. The van der Waals surface area contributed by atoms with Gasteiger partial charge in [0.05, 0.1) is 12.5 Å². The molecular formula is C4H6N4O2S. The maximum absolute atomic E-state index is 10.2. The van der Waals surface area contributed by atoms with Crippen LogP contribution >= 0.6 is 11.5 Å². The van der Waals surface area contributed by atoms with Gasteiger partial charge in [0, 0.05) is 11.5 Å². The maximum atomic E-state index is 10.2. The van der Waals surface area contributed by atoms with Gasteiger partial charge in [0.15, 0.2) is 5.01 Å². The number of rotatable bonds is 3. The molecule has 0 aliphatic rings. The fraction of sp³-hybridized carbons (Fsp3) is 0.500. The summed E-state index contributed by atoms with van der Waals surface area (Å²) in [6.45, 7) is 0. The summed E-state index contributed by atoms with van der Waals surface area (Å²) in [5, 5.41) is 15.6. The van der Waals surface area contributed by atoms with Gasteiger partial charge in [0.1, 0.15) is 0 Å². The second kappa shape index (κ2) is 3.35. The molecule has 6 nitrogen and oxygen atoms in total. The summed E-state index contributed by atoms with van der Waals surface area (Å²) in [7, 11) is 0. The number of carboxylic acid groups (broad SMARTS) is 1. The average molecular weight is 174 g/mol. The molecule has 1 aromatic heterocycles. The second-order valence-corrected chi connectivity index (χ2v) is 2.67. The molecule has 0 fully saturated rings. The zero-order valence-electron chi connectivity index (χ0n) is 5.47. The molecule has 7 heteroatoms. The number of nitrogens with two attached hydrogens (primary N) is 1. The van der Waals surface area contributed by atoms with Crippen molar-refractivity contribution >= 4 is 17.5 Å². The van der Waals surface area contributed by atoms with E-state index in [1.807, 2.05) is 0 Å². The molecule has 1 aromatic rings. The minimum Gasteiger partial charge on any atom is -0.481 e. The lowest BCUT2D eigenvalue weighted by Crippen LogP contribution is -2.14. The lowest BCUT2D eigenvalue weighted by molar-refractivity contribution is -0.137. The first kappa shape index (κ1) is 8.02. The number of aliphatic carboxylic acids is 1. The van der Waals surface area contributed by atoms with Gasteiger partial charge in [-0.15, -0.1) is 5.10 Å². The van der Waals surface area contributed by atoms with E-state index in [-0.39, 0.29) is 6.42 Å². The topological polar surface area (TPSA) is 102 Å². The minimum absolute atomic E-state index is 0.142. The number of aromatic nitrogens is 3. The van der Waals surface area contributed by atoms with Gasteiger partial charge in [0.2, 0.25) is 0 Å². The fourth-order valence-corrected chi connectivity index (χ4v) is 1.01. The predicted octanol–water partition coefficient (Wildman–Crippen LogP) is -0.592. The molecule has 0 aromatic carbocycles. The van der Waals surface area contributed by atoms with E-state index in [9.17, 15) is 4.79 Å². The van der Waals surface area contributed by atoms with Crippen molar-refractivity contribution in [1.82, 2.24) is 14.8 Å². The van der Waals surface area contributed by atoms with Crippen LogP contribution in [0.4, 0.5) is 0 Å². The van der Waals surface area contributed by atoms with Crippen LogP contribution in [0, 0.1) is 0 Å². The van der Waals surface area contributed by atoms with Crippen LogP contribution in [0.1, 0.15) is 17.5 Å². The van der Waals surface area contributed by atoms with Crippen molar-refractivity contribution in [2.75, 3.05) is 0 Å². The zero-order valence-corrected chi connectivity index (χ0v) is 6.28. The van der Waals surface area contributed by atoms with Gasteiger partial charge in [-0.2, -0.15) is 0 Å². The van der Waals surface area contributed by atoms with Crippen molar-refractivity contribution in [3.05, 3.63) is 5.01 Å². The van der Waals surface area contributed by atoms with Crippen LogP contribution in [0.3, 0.4) is 0 Å². The van der Waals surface area contributed by atoms with E-state index in [1.165, 1.54) is 0 Å². The minimum atomic E-state index is -0.951. The van der Waals surface area contributed by atoms with Crippen molar-refractivity contribution in [2.45, 2.75) is 12.5 Å². The SMILES string of the molecule is NC(CC(=O)O)c1nnns1. The molecule has 0 aliphatic heterocycles. The van der Waals surface area contributed by atoms with Crippen LogP contribution < -0.4 is 5.73 Å². The fourth-order valence-electron chi connectivity index (χ4n) is 0.558. The summed E-state index contributed by atoms with van der Waals surface area (Å²) in [5.74, 6) is -0.951. The highest BCUT2D eigenvalue weighted by Gasteiger charge is 2.13. The third kappa shape index (κ3) is 2.20. The van der Waals surface area contributed by atoms with Gasteiger partial charge in [0.25, 0.3) is 0 Å². The molecule has 1 unspecified atom stereocenters. The molecule has 1 heterocycles. The van der Waals surface area contributed by atoms with E-state index in [0.29, 0.717) is 5.01 Å². The third-order valence-corrected chi connectivity index (χ3v) is 1.75. The van der Waals surface area contributed by atoms with Crippen molar-refractivity contribution < 1.29 is 9.90 Å². The Hall–Kier alpha value is -1.08. The van der Waals surface area contributed by atoms with Gasteiger partial charge in [-0.1, -0.05) is 4.49 Å². The Kier molecular flexibility index (Phi) is 2.44. The normalized spacial score (nSPS) is 12.8. The monoisotopic (exact) mass is 174 g/mol. The van der Waals surface area contributed by atoms with Crippen molar-refractivity contribution in [1.29, 1.82) is 0 Å². The van der Waals surface area contributed by atoms with E-state index < -0.39 is 12.0 Å². The van der Waals surface area contributed by atoms with Gasteiger partial charge in [-0.3, -0.25) is 4.79 Å². The van der Waals surface area contributed by atoms with Gasteiger partial charge in [-0.25, -0.2) is 0 Å². The largest absolute Gasteiger partial charge is 0.481 e. The lowest BCUT2D eigenvalue weighted by Gasteiger charge is -2.00. The Morgan fingerprint density at radius 1 is 1.82 bits per heavy atom. The summed E-state index contributed by atoms with van der Waals surface area (Å²) in [6.07, 6.45) is -0.142. The highest BCUT2D eigenvalue weighted by Crippen LogP contribution is 2.12. The van der Waals surface area contributed by atoms with E-state index >= 15 is 0 Å². The molecule has 60 valence electrons. The number of carboxylic acids is 1. The summed E-state index contributed by atoms with van der Waals surface area (Å²) in [5.41, 5.74) is 5.43. The molecule has 0 radical (unpaired) electrons. The first-order valence-electron chi connectivity index (χ1n) is 2.82. The van der Waals surface area contributed by atoms with E-state index in [2.05, 4.69) is 14.8 Å². The molecule has 0 saturated carbocycles. The number of hydrogen-bond acceptors (Lipinski definition) is 6. The van der Waals surface area contributed by atoms with Gasteiger partial charge >= 0.3 is 5.97 Å². The number of carbonyl (C=O) groups is 1. The van der Waals surface area contributed by atoms with Crippen LogP contribution in [0.15, 0.2) is 0 Å². The van der Waals surface area contributed by atoms with Crippen LogP contribution in [0.25, 0.3) is 0 Å². The molecule has 0 bridgehead atoms. The van der Waals surface area contributed by atoms with Crippen LogP contribution in [0.5, 0.6) is 0 Å². The smallest absolute Gasteiger partial charge is 0.305 e. The van der Waals surface area contributed by atoms with Crippen molar-refractivity contribution in [2.24, 2.45) is 5.73 Å². The van der Waals surface area contributed by atoms with E-state index in [1.54, 1.807) is 0 Å². The maximum Gasteiger partial charge on any atom is 0.305 e. The molecule has 1 atom stereocenters. The molecular weight excluding hydrogens is 168 g/mol. The van der Waals surface area contributed by atoms with Crippen LogP contribution in [0.2, 0.25) is 0 Å². The summed E-state index contributed by atoms with van der Waals surface area (Å²) >= 11 is 1.01. The van der Waals surface area contributed by atoms with Crippen LogP contribution in [-0.4, -0.2) is 25.9 Å². The first-order valence-corrected chi connectivity index (χ1v) is 3.60. The lowest BCUT2D eigenvalue weighted by atomic mass is 10.2. The molecule has 0 spiro atoms. The summed E-state index contributed by atoms with van der Waals surface area (Å²) < 4.78 is 3.46. The van der Waals surface area contributed by atoms with Crippen molar-refractivity contribution in [3.63, 3.8) is 0 Å².